The molecule has 17 heavy (non-hydrogen) atoms. The van der Waals surface area contributed by atoms with Gasteiger partial charge in [0.25, 0.3) is 0 Å². The number of hydrogen-bond acceptors (Lipinski definition) is 2. The van der Waals surface area contributed by atoms with E-state index in [9.17, 15) is 14.3 Å². The largest absolute Gasteiger partial charge is 0.481 e. The van der Waals surface area contributed by atoms with Gasteiger partial charge < -0.3 is 10.00 Å². The fourth-order valence-corrected chi connectivity index (χ4v) is 3.24. The predicted molar refractivity (Wildman–Crippen MR) is 66.3 cm³/mol. The van der Waals surface area contributed by atoms with Gasteiger partial charge in [-0.3, -0.25) is 9.36 Å². The van der Waals surface area contributed by atoms with E-state index < -0.39 is 13.3 Å². The Labute approximate surface area is 101 Å². The van der Waals surface area contributed by atoms with Crippen LogP contribution in [0.5, 0.6) is 0 Å². The second-order valence-corrected chi connectivity index (χ2v) is 6.52. The molecule has 5 heteroatoms. The first kappa shape index (κ1) is 13.9. The highest BCUT2D eigenvalue weighted by Crippen LogP contribution is 2.45. The quantitative estimate of drug-likeness (QED) is 0.581. The predicted octanol–water partition coefficient (Wildman–Crippen LogP) is 2.71. The standard InChI is InChI=1S/C12H17O4P/c13-12(14)8-4-5-9-17(15,16)10-11-6-2-1-3-7-11/h1-3,6-7H,4-5,8-10H2,(H,13,14)(H,15,16). The van der Waals surface area contributed by atoms with E-state index in [1.54, 1.807) is 0 Å². The van der Waals surface area contributed by atoms with Crippen molar-refractivity contribution in [2.75, 3.05) is 6.16 Å². The van der Waals surface area contributed by atoms with Crippen LogP contribution in [0.1, 0.15) is 24.8 Å². The molecule has 0 spiro atoms. The second-order valence-electron chi connectivity index (χ2n) is 4.06. The Balaban J connectivity index is 2.36. The molecule has 2 N–H and O–H groups in total. The van der Waals surface area contributed by atoms with Crippen LogP contribution in [0.15, 0.2) is 30.3 Å². The molecule has 0 amide bonds. The van der Waals surface area contributed by atoms with Crippen LogP contribution in [-0.2, 0) is 15.5 Å². The van der Waals surface area contributed by atoms with Gasteiger partial charge in [0.1, 0.15) is 0 Å². The lowest BCUT2D eigenvalue weighted by Crippen LogP contribution is -1.97. The Morgan fingerprint density at radius 2 is 1.82 bits per heavy atom. The van der Waals surface area contributed by atoms with Gasteiger partial charge in [0.05, 0.1) is 0 Å². The molecule has 0 fully saturated rings. The van der Waals surface area contributed by atoms with Crippen molar-refractivity contribution >= 4 is 13.3 Å². The zero-order chi connectivity index (χ0) is 12.7. The zero-order valence-electron chi connectivity index (χ0n) is 9.58. The Morgan fingerprint density at radius 3 is 2.41 bits per heavy atom. The molecule has 0 heterocycles. The summed E-state index contributed by atoms with van der Waals surface area (Å²) in [5.41, 5.74) is 0.844. The summed E-state index contributed by atoms with van der Waals surface area (Å²) < 4.78 is 11.8. The number of hydrogen-bond donors (Lipinski definition) is 2. The van der Waals surface area contributed by atoms with Crippen molar-refractivity contribution in [1.82, 2.24) is 0 Å². The molecule has 94 valence electrons. The molecule has 0 aliphatic rings. The Bertz CT molecular complexity index is 402. The zero-order valence-corrected chi connectivity index (χ0v) is 10.5. The van der Waals surface area contributed by atoms with Crippen LogP contribution in [0.25, 0.3) is 0 Å². The molecule has 0 bridgehead atoms. The van der Waals surface area contributed by atoms with Gasteiger partial charge in [0.2, 0.25) is 7.37 Å². The normalized spacial score (nSPS) is 14.2. The third kappa shape index (κ3) is 6.25. The van der Waals surface area contributed by atoms with E-state index in [4.69, 9.17) is 5.11 Å². The number of carbonyl (C=O) groups is 1. The lowest BCUT2D eigenvalue weighted by atomic mass is 10.2. The molecule has 1 atom stereocenters. The molecule has 0 aromatic heterocycles. The van der Waals surface area contributed by atoms with Crippen molar-refractivity contribution in [2.45, 2.75) is 25.4 Å². The highest BCUT2D eigenvalue weighted by Gasteiger charge is 2.18. The van der Waals surface area contributed by atoms with Crippen molar-refractivity contribution < 1.29 is 19.4 Å². The van der Waals surface area contributed by atoms with E-state index in [2.05, 4.69) is 0 Å². The molecule has 1 unspecified atom stereocenters. The SMILES string of the molecule is O=C(O)CCCCP(=O)(O)Cc1ccccc1. The lowest BCUT2D eigenvalue weighted by molar-refractivity contribution is -0.137. The number of unbranched alkanes of at least 4 members (excludes halogenated alkanes) is 1. The van der Waals surface area contributed by atoms with Crippen molar-refractivity contribution in [3.63, 3.8) is 0 Å². The van der Waals surface area contributed by atoms with Crippen LogP contribution in [0, 0.1) is 0 Å². The van der Waals surface area contributed by atoms with Gasteiger partial charge in [-0.15, -0.1) is 0 Å². The maximum atomic E-state index is 11.8. The molecule has 0 saturated carbocycles. The van der Waals surface area contributed by atoms with Crippen LogP contribution in [-0.4, -0.2) is 22.1 Å². The highest BCUT2D eigenvalue weighted by atomic mass is 31.2. The van der Waals surface area contributed by atoms with Gasteiger partial charge in [-0.25, -0.2) is 0 Å². The van der Waals surface area contributed by atoms with Crippen molar-refractivity contribution in [2.24, 2.45) is 0 Å². The summed E-state index contributed by atoms with van der Waals surface area (Å²) in [6, 6.07) is 9.17. The molecule has 1 aromatic carbocycles. The number of benzene rings is 1. The van der Waals surface area contributed by atoms with Gasteiger partial charge in [0.15, 0.2) is 0 Å². The van der Waals surface area contributed by atoms with Crippen LogP contribution in [0.4, 0.5) is 0 Å². The summed E-state index contributed by atoms with van der Waals surface area (Å²) in [7, 11) is -3.17. The first-order chi connectivity index (χ1) is 7.99. The Hall–Kier alpha value is -1.12. The van der Waals surface area contributed by atoms with Gasteiger partial charge in [-0.1, -0.05) is 30.3 Å². The number of rotatable bonds is 7. The minimum absolute atomic E-state index is 0.0609. The molecule has 0 saturated heterocycles. The van der Waals surface area contributed by atoms with E-state index in [0.29, 0.717) is 12.8 Å². The molecule has 0 aliphatic carbocycles. The van der Waals surface area contributed by atoms with Crippen LogP contribution in [0.2, 0.25) is 0 Å². The van der Waals surface area contributed by atoms with Crippen LogP contribution < -0.4 is 0 Å². The average Bonchev–Trinajstić information content (AvgIpc) is 2.25. The second kappa shape index (κ2) is 6.58. The number of aliphatic carboxylic acids is 1. The van der Waals surface area contributed by atoms with Crippen molar-refractivity contribution in [3.8, 4) is 0 Å². The number of carboxylic acid groups (broad SMARTS) is 1. The highest BCUT2D eigenvalue weighted by molar-refractivity contribution is 7.57. The molecular formula is C12H17O4P. The average molecular weight is 256 g/mol. The first-order valence-electron chi connectivity index (χ1n) is 5.56. The molecular weight excluding hydrogens is 239 g/mol. The van der Waals surface area contributed by atoms with Gasteiger partial charge in [-0.2, -0.15) is 0 Å². The maximum absolute atomic E-state index is 11.8. The van der Waals surface area contributed by atoms with Gasteiger partial charge in [-0.05, 0) is 18.4 Å². The molecule has 1 rings (SSSR count). The monoisotopic (exact) mass is 256 g/mol. The van der Waals surface area contributed by atoms with E-state index in [1.807, 2.05) is 30.3 Å². The van der Waals surface area contributed by atoms with E-state index in [0.717, 1.165) is 5.56 Å². The minimum atomic E-state index is -3.17. The summed E-state index contributed by atoms with van der Waals surface area (Å²) >= 11 is 0. The molecule has 4 nitrogen and oxygen atoms in total. The Kier molecular flexibility index (Phi) is 5.39. The number of carboxylic acids is 1. The third-order valence-corrected chi connectivity index (χ3v) is 4.29. The summed E-state index contributed by atoms with van der Waals surface area (Å²) in [5, 5.41) is 8.45. The first-order valence-corrected chi connectivity index (χ1v) is 7.59. The van der Waals surface area contributed by atoms with Crippen molar-refractivity contribution in [1.29, 1.82) is 0 Å². The lowest BCUT2D eigenvalue weighted by Gasteiger charge is -2.11. The van der Waals surface area contributed by atoms with Gasteiger partial charge >= 0.3 is 5.97 Å². The third-order valence-electron chi connectivity index (χ3n) is 2.42. The summed E-state index contributed by atoms with van der Waals surface area (Å²) in [5.74, 6) is -0.860. The smallest absolute Gasteiger partial charge is 0.303 e. The molecule has 0 aliphatic heterocycles. The van der Waals surface area contributed by atoms with E-state index >= 15 is 0 Å². The topological polar surface area (TPSA) is 74.6 Å². The minimum Gasteiger partial charge on any atom is -0.481 e. The molecule has 1 aromatic rings. The van der Waals surface area contributed by atoms with Crippen LogP contribution >= 0.6 is 7.37 Å². The van der Waals surface area contributed by atoms with Crippen LogP contribution in [0.3, 0.4) is 0 Å². The Morgan fingerprint density at radius 1 is 1.18 bits per heavy atom. The maximum Gasteiger partial charge on any atom is 0.303 e. The fourth-order valence-electron chi connectivity index (χ4n) is 1.58. The van der Waals surface area contributed by atoms with Crippen molar-refractivity contribution in [3.05, 3.63) is 35.9 Å². The van der Waals surface area contributed by atoms with Gasteiger partial charge in [0, 0.05) is 18.7 Å². The summed E-state index contributed by atoms with van der Waals surface area (Å²) in [4.78, 5) is 20.0. The molecule has 0 radical (unpaired) electrons. The van der Waals surface area contributed by atoms with E-state index in [-0.39, 0.29) is 18.7 Å². The summed E-state index contributed by atoms with van der Waals surface area (Å²) in [6.45, 7) is 0. The summed E-state index contributed by atoms with van der Waals surface area (Å²) in [6.07, 6.45) is 1.35. The fraction of sp³-hybridized carbons (Fsp3) is 0.417. The van der Waals surface area contributed by atoms with E-state index in [1.165, 1.54) is 0 Å².